The van der Waals surface area contributed by atoms with Crippen LogP contribution in [0.4, 0.5) is 13.2 Å². The maximum absolute atomic E-state index is 14.6. The van der Waals surface area contributed by atoms with Crippen molar-refractivity contribution in [1.82, 2.24) is 0 Å². The SMILES string of the molecule is Cc1ccc(-c2ccc(C3=CCC(F)=C(c4cc(F)cc(F)c4)C=C3)cc2)cc1. The molecule has 4 rings (SSSR count). The Bertz CT molecular complexity index is 1110. The number of rotatable bonds is 3. The van der Waals surface area contributed by atoms with Crippen LogP contribution in [0.2, 0.25) is 0 Å². The average molecular weight is 388 g/mol. The molecule has 0 atom stereocenters. The molecule has 0 aliphatic heterocycles. The van der Waals surface area contributed by atoms with Gasteiger partial charge in [-0.1, -0.05) is 72.3 Å². The molecule has 3 heteroatoms. The fourth-order valence-corrected chi connectivity index (χ4v) is 3.42. The molecule has 0 nitrogen and oxygen atoms in total. The zero-order valence-electron chi connectivity index (χ0n) is 15.9. The summed E-state index contributed by atoms with van der Waals surface area (Å²) >= 11 is 0. The van der Waals surface area contributed by atoms with E-state index in [0.29, 0.717) is 0 Å². The Kier molecular flexibility index (Phi) is 5.22. The van der Waals surface area contributed by atoms with Crippen molar-refractivity contribution in [3.8, 4) is 11.1 Å². The highest BCUT2D eigenvalue weighted by molar-refractivity contribution is 5.84. The lowest BCUT2D eigenvalue weighted by Crippen LogP contribution is -1.89. The van der Waals surface area contributed by atoms with E-state index in [2.05, 4.69) is 31.2 Å². The quantitative estimate of drug-likeness (QED) is 0.432. The number of aryl methyl sites for hydroxylation is 1. The summed E-state index contributed by atoms with van der Waals surface area (Å²) in [5.74, 6) is -1.87. The fraction of sp³-hybridized carbons (Fsp3) is 0.0769. The zero-order chi connectivity index (χ0) is 20.4. The molecule has 0 saturated heterocycles. The first-order valence-electron chi connectivity index (χ1n) is 9.40. The van der Waals surface area contributed by atoms with Gasteiger partial charge < -0.3 is 0 Å². The number of hydrogen-bond acceptors (Lipinski definition) is 0. The maximum atomic E-state index is 14.6. The molecule has 0 bridgehead atoms. The standard InChI is InChI=1S/C26H19F3/c1-17-2-4-18(5-3-17)19-6-8-20(9-7-19)21-10-12-25(26(29)13-11-21)22-14-23(27)16-24(28)15-22/h2-12,14-16H,13H2,1H3. The van der Waals surface area contributed by atoms with Crippen LogP contribution in [0.1, 0.15) is 23.1 Å². The molecule has 0 spiro atoms. The maximum Gasteiger partial charge on any atom is 0.126 e. The summed E-state index contributed by atoms with van der Waals surface area (Å²) in [6.45, 7) is 2.05. The van der Waals surface area contributed by atoms with E-state index in [9.17, 15) is 13.2 Å². The van der Waals surface area contributed by atoms with Gasteiger partial charge in [-0.05, 0) is 46.9 Å². The molecule has 1 aliphatic carbocycles. The van der Waals surface area contributed by atoms with Gasteiger partial charge in [0.25, 0.3) is 0 Å². The molecule has 29 heavy (non-hydrogen) atoms. The van der Waals surface area contributed by atoms with E-state index in [4.69, 9.17) is 0 Å². The van der Waals surface area contributed by atoms with E-state index >= 15 is 0 Å². The predicted octanol–water partition coefficient (Wildman–Crippen LogP) is 7.66. The molecule has 3 aromatic rings. The predicted molar refractivity (Wildman–Crippen MR) is 113 cm³/mol. The molecular weight excluding hydrogens is 369 g/mol. The Morgan fingerprint density at radius 2 is 1.17 bits per heavy atom. The lowest BCUT2D eigenvalue weighted by atomic mass is 9.99. The van der Waals surface area contributed by atoms with Gasteiger partial charge in [-0.3, -0.25) is 0 Å². The summed E-state index contributed by atoms with van der Waals surface area (Å²) in [5.41, 5.74) is 5.66. The fourth-order valence-electron chi connectivity index (χ4n) is 3.42. The molecule has 0 saturated carbocycles. The molecule has 0 radical (unpaired) electrons. The van der Waals surface area contributed by atoms with Crippen LogP contribution < -0.4 is 0 Å². The van der Waals surface area contributed by atoms with E-state index in [-0.39, 0.29) is 17.6 Å². The summed E-state index contributed by atoms with van der Waals surface area (Å²) in [4.78, 5) is 0. The smallest absolute Gasteiger partial charge is 0.126 e. The molecular formula is C26H19F3. The van der Waals surface area contributed by atoms with Crippen LogP contribution in [-0.2, 0) is 0 Å². The molecule has 3 aromatic carbocycles. The van der Waals surface area contributed by atoms with Crippen LogP contribution in [0, 0.1) is 18.6 Å². The van der Waals surface area contributed by atoms with Gasteiger partial charge in [-0.25, -0.2) is 13.2 Å². The second kappa shape index (κ2) is 7.96. The molecule has 0 heterocycles. The first-order valence-corrected chi connectivity index (χ1v) is 9.40. The van der Waals surface area contributed by atoms with Crippen LogP contribution >= 0.6 is 0 Å². The van der Waals surface area contributed by atoms with Crippen LogP contribution in [0.25, 0.3) is 22.3 Å². The van der Waals surface area contributed by atoms with Gasteiger partial charge in [0.1, 0.15) is 17.5 Å². The molecule has 144 valence electrons. The van der Waals surface area contributed by atoms with E-state index in [1.807, 2.05) is 24.3 Å². The highest BCUT2D eigenvalue weighted by atomic mass is 19.1. The summed E-state index contributed by atoms with van der Waals surface area (Å²) in [5, 5.41) is 0. The van der Waals surface area contributed by atoms with Crippen molar-refractivity contribution >= 4 is 11.1 Å². The molecule has 1 aliphatic rings. The molecule has 0 aromatic heterocycles. The molecule has 0 amide bonds. The van der Waals surface area contributed by atoms with Crippen LogP contribution in [-0.4, -0.2) is 0 Å². The monoisotopic (exact) mass is 388 g/mol. The van der Waals surface area contributed by atoms with E-state index < -0.39 is 17.5 Å². The third-order valence-corrected chi connectivity index (χ3v) is 5.00. The minimum absolute atomic E-state index is 0.0650. The number of allylic oxidation sites excluding steroid dienone is 6. The van der Waals surface area contributed by atoms with Crippen molar-refractivity contribution in [1.29, 1.82) is 0 Å². The summed E-state index contributed by atoms with van der Waals surface area (Å²) < 4.78 is 41.7. The summed E-state index contributed by atoms with van der Waals surface area (Å²) in [6, 6.07) is 19.4. The molecule has 0 fully saturated rings. The topological polar surface area (TPSA) is 0 Å². The zero-order valence-corrected chi connectivity index (χ0v) is 15.9. The largest absolute Gasteiger partial charge is 0.211 e. The Morgan fingerprint density at radius 1 is 0.621 bits per heavy atom. The van der Waals surface area contributed by atoms with Crippen molar-refractivity contribution in [2.75, 3.05) is 0 Å². The first kappa shape index (κ1) is 19.0. The Hall–Kier alpha value is -3.33. The summed E-state index contributed by atoms with van der Waals surface area (Å²) in [6.07, 6.45) is 5.22. The van der Waals surface area contributed by atoms with Crippen molar-refractivity contribution in [3.63, 3.8) is 0 Å². The van der Waals surface area contributed by atoms with Gasteiger partial charge in [0.15, 0.2) is 0 Å². The minimum atomic E-state index is -0.724. The number of hydrogen-bond donors (Lipinski definition) is 0. The Morgan fingerprint density at radius 3 is 1.79 bits per heavy atom. The number of benzene rings is 3. The van der Waals surface area contributed by atoms with Crippen molar-refractivity contribution in [2.24, 2.45) is 0 Å². The van der Waals surface area contributed by atoms with Gasteiger partial charge in [0.2, 0.25) is 0 Å². The lowest BCUT2D eigenvalue weighted by molar-refractivity contribution is 0.582. The second-order valence-corrected chi connectivity index (χ2v) is 7.12. The third kappa shape index (κ3) is 4.24. The van der Waals surface area contributed by atoms with Crippen molar-refractivity contribution < 1.29 is 13.2 Å². The molecule has 0 unspecified atom stereocenters. The van der Waals surface area contributed by atoms with Crippen LogP contribution in [0.15, 0.2) is 90.8 Å². The van der Waals surface area contributed by atoms with Crippen LogP contribution in [0.5, 0.6) is 0 Å². The number of halogens is 3. The van der Waals surface area contributed by atoms with Crippen molar-refractivity contribution in [3.05, 3.63) is 119 Å². The normalized spacial score (nSPS) is 14.0. The highest BCUT2D eigenvalue weighted by Gasteiger charge is 2.13. The third-order valence-electron chi connectivity index (χ3n) is 5.00. The summed E-state index contributed by atoms with van der Waals surface area (Å²) in [7, 11) is 0. The Balaban J connectivity index is 1.60. The van der Waals surface area contributed by atoms with E-state index in [1.165, 1.54) is 5.56 Å². The van der Waals surface area contributed by atoms with Gasteiger partial charge >= 0.3 is 0 Å². The van der Waals surface area contributed by atoms with Gasteiger partial charge in [0, 0.05) is 18.1 Å². The lowest BCUT2D eigenvalue weighted by Gasteiger charge is -2.06. The Labute approximate surface area is 168 Å². The van der Waals surface area contributed by atoms with Gasteiger partial charge in [-0.2, -0.15) is 0 Å². The molecule has 0 N–H and O–H groups in total. The van der Waals surface area contributed by atoms with E-state index in [0.717, 1.165) is 40.5 Å². The highest BCUT2D eigenvalue weighted by Crippen LogP contribution is 2.31. The van der Waals surface area contributed by atoms with Crippen molar-refractivity contribution in [2.45, 2.75) is 13.3 Å². The van der Waals surface area contributed by atoms with Gasteiger partial charge in [0.05, 0.1) is 0 Å². The van der Waals surface area contributed by atoms with Gasteiger partial charge in [-0.15, -0.1) is 0 Å². The second-order valence-electron chi connectivity index (χ2n) is 7.12. The first-order chi connectivity index (χ1) is 14.0. The van der Waals surface area contributed by atoms with Crippen LogP contribution in [0.3, 0.4) is 0 Å². The van der Waals surface area contributed by atoms with E-state index in [1.54, 1.807) is 18.2 Å². The average Bonchev–Trinajstić information content (AvgIpc) is 2.90. The minimum Gasteiger partial charge on any atom is -0.211 e.